The number of rotatable bonds is 4. The Hall–Kier alpha value is -2.49. The number of sulfonamides is 1. The van der Waals surface area contributed by atoms with Crippen molar-refractivity contribution >= 4 is 60.9 Å². The Labute approximate surface area is 235 Å². The van der Waals surface area contributed by atoms with Crippen molar-refractivity contribution in [3.8, 4) is 0 Å². The van der Waals surface area contributed by atoms with E-state index in [4.69, 9.17) is 21.1 Å². The summed E-state index contributed by atoms with van der Waals surface area (Å²) in [5, 5.41) is 10.3. The minimum Gasteiger partial charge on any atom is -0.463 e. The van der Waals surface area contributed by atoms with Crippen molar-refractivity contribution in [2.24, 2.45) is 5.10 Å². The number of nitrogens with zero attached hydrogens (tertiary/aromatic N) is 5. The Bertz CT molecular complexity index is 1410. The molecule has 12 nitrogen and oxygen atoms in total. The van der Waals surface area contributed by atoms with E-state index < -0.39 is 16.1 Å². The molecule has 0 saturated carbocycles. The number of piperazine rings is 1. The predicted molar refractivity (Wildman–Crippen MR) is 145 cm³/mol. The highest BCUT2D eigenvalue weighted by Gasteiger charge is 2.41. The molecule has 3 fully saturated rings. The molecular formula is C24H29ClN6O6S2. The van der Waals surface area contributed by atoms with Gasteiger partial charge in [-0.15, -0.1) is 16.4 Å². The number of amides is 3. The molecule has 3 amide bonds. The van der Waals surface area contributed by atoms with Gasteiger partial charge in [-0.3, -0.25) is 10.1 Å². The number of thiophene rings is 1. The first kappa shape index (κ1) is 26.7. The minimum absolute atomic E-state index is 0.00421. The summed E-state index contributed by atoms with van der Waals surface area (Å²) in [5.74, 6) is 0.340. The molecule has 210 valence electrons. The molecule has 4 aliphatic heterocycles. The largest absolute Gasteiger partial charge is 0.463 e. The van der Waals surface area contributed by atoms with Crippen LogP contribution in [0.2, 0.25) is 5.02 Å². The standard InChI is InChI=1S/C24H29ClN6O6S2/c25-17-2-1-16-11-22(38-20(16)12-17)39(34,35)29-5-6-30(18(14-29)13-21(32)28-7-9-36-10-8-28)24(33)31-4-3-19-23(27-31)37-15-26-19/h1-2,11-12,18-19,26H,3-10,13-15H2. The van der Waals surface area contributed by atoms with Gasteiger partial charge in [0.15, 0.2) is 0 Å². The van der Waals surface area contributed by atoms with Crippen LogP contribution in [0.5, 0.6) is 0 Å². The van der Waals surface area contributed by atoms with E-state index in [1.807, 2.05) is 0 Å². The monoisotopic (exact) mass is 596 g/mol. The van der Waals surface area contributed by atoms with Crippen molar-refractivity contribution in [3.05, 3.63) is 29.3 Å². The van der Waals surface area contributed by atoms with Gasteiger partial charge in [0.2, 0.25) is 11.8 Å². The zero-order valence-corrected chi connectivity index (χ0v) is 23.5. The lowest BCUT2D eigenvalue weighted by molar-refractivity contribution is -0.136. The van der Waals surface area contributed by atoms with E-state index in [9.17, 15) is 18.0 Å². The number of carbonyl (C=O) groups is 2. The van der Waals surface area contributed by atoms with E-state index in [2.05, 4.69) is 10.4 Å². The molecule has 39 heavy (non-hydrogen) atoms. The summed E-state index contributed by atoms with van der Waals surface area (Å²) in [6.45, 7) is 2.85. The number of benzene rings is 1. The van der Waals surface area contributed by atoms with Gasteiger partial charge >= 0.3 is 6.03 Å². The molecule has 2 atom stereocenters. The quantitative estimate of drug-likeness (QED) is 0.568. The summed E-state index contributed by atoms with van der Waals surface area (Å²) >= 11 is 7.26. The van der Waals surface area contributed by atoms with Gasteiger partial charge in [-0.25, -0.2) is 18.2 Å². The third-order valence-corrected chi connectivity index (χ3v) is 11.1. The lowest BCUT2D eigenvalue weighted by atomic mass is 10.1. The molecule has 0 radical (unpaired) electrons. The normalized spacial score (nSPS) is 24.4. The molecule has 1 aromatic heterocycles. The van der Waals surface area contributed by atoms with E-state index in [1.54, 1.807) is 34.1 Å². The fraction of sp³-hybridized carbons (Fsp3) is 0.542. The zero-order valence-electron chi connectivity index (χ0n) is 21.1. The van der Waals surface area contributed by atoms with Gasteiger partial charge in [-0.05, 0) is 30.0 Å². The zero-order chi connectivity index (χ0) is 27.1. The SMILES string of the molecule is O=C(CC1CN(S(=O)(=O)c2cc3ccc(Cl)cc3s2)CCN1C(=O)N1CCC2NCOC2=N1)N1CCOCC1. The van der Waals surface area contributed by atoms with Crippen LogP contribution in [-0.2, 0) is 24.3 Å². The number of nitrogens with one attached hydrogen (secondary N) is 1. The first-order valence-electron chi connectivity index (χ1n) is 12.9. The Kier molecular flexibility index (Phi) is 7.41. The number of urea groups is 1. The number of carbonyl (C=O) groups excluding carboxylic acids is 2. The van der Waals surface area contributed by atoms with E-state index in [0.29, 0.717) is 56.9 Å². The average molecular weight is 597 g/mol. The summed E-state index contributed by atoms with van der Waals surface area (Å²) in [5.41, 5.74) is 0. The molecule has 5 heterocycles. The van der Waals surface area contributed by atoms with Crippen molar-refractivity contribution in [1.82, 2.24) is 24.4 Å². The maximum absolute atomic E-state index is 13.7. The second-order valence-electron chi connectivity index (χ2n) is 9.83. The van der Waals surface area contributed by atoms with Crippen LogP contribution >= 0.6 is 22.9 Å². The Morgan fingerprint density at radius 2 is 1.95 bits per heavy atom. The highest BCUT2D eigenvalue weighted by molar-refractivity contribution is 7.91. The number of fused-ring (bicyclic) bond motifs is 2. The van der Waals surface area contributed by atoms with Gasteiger partial charge in [-0.2, -0.15) is 4.31 Å². The number of morpholine rings is 1. The molecular weight excluding hydrogens is 568 g/mol. The smallest absolute Gasteiger partial charge is 0.340 e. The Morgan fingerprint density at radius 3 is 2.77 bits per heavy atom. The van der Waals surface area contributed by atoms with E-state index in [-0.39, 0.29) is 48.2 Å². The molecule has 1 aromatic carbocycles. The fourth-order valence-corrected chi connectivity index (χ4v) is 8.58. The highest BCUT2D eigenvalue weighted by Crippen LogP contribution is 2.34. The third kappa shape index (κ3) is 5.33. The maximum Gasteiger partial charge on any atom is 0.340 e. The van der Waals surface area contributed by atoms with Gasteiger partial charge in [0.1, 0.15) is 10.9 Å². The number of hydrazone groups is 1. The summed E-state index contributed by atoms with van der Waals surface area (Å²) in [6, 6.07) is 5.89. The summed E-state index contributed by atoms with van der Waals surface area (Å²) in [7, 11) is -3.86. The number of ether oxygens (including phenoxy) is 2. The van der Waals surface area contributed by atoms with E-state index in [1.165, 1.54) is 9.31 Å². The number of halogens is 1. The van der Waals surface area contributed by atoms with Crippen molar-refractivity contribution in [2.75, 3.05) is 59.2 Å². The van der Waals surface area contributed by atoms with E-state index in [0.717, 1.165) is 21.4 Å². The van der Waals surface area contributed by atoms with Crippen molar-refractivity contribution in [2.45, 2.75) is 29.1 Å². The highest BCUT2D eigenvalue weighted by atomic mass is 35.5. The van der Waals surface area contributed by atoms with Gasteiger partial charge in [0, 0.05) is 55.4 Å². The fourth-order valence-electron chi connectivity index (χ4n) is 5.29. The van der Waals surface area contributed by atoms with Crippen LogP contribution in [0.4, 0.5) is 4.79 Å². The van der Waals surface area contributed by atoms with Crippen LogP contribution in [0.15, 0.2) is 33.6 Å². The molecule has 0 aliphatic carbocycles. The van der Waals surface area contributed by atoms with Gasteiger partial charge < -0.3 is 19.3 Å². The number of hydrogen-bond acceptors (Lipinski definition) is 9. The van der Waals surface area contributed by atoms with Gasteiger partial charge in [0.05, 0.1) is 25.3 Å². The van der Waals surface area contributed by atoms with Crippen molar-refractivity contribution in [3.63, 3.8) is 0 Å². The first-order chi connectivity index (χ1) is 18.8. The molecule has 3 saturated heterocycles. The van der Waals surface area contributed by atoms with Crippen LogP contribution in [0.3, 0.4) is 0 Å². The average Bonchev–Trinajstić information content (AvgIpc) is 3.60. The molecule has 0 spiro atoms. The van der Waals surface area contributed by atoms with Crippen molar-refractivity contribution < 1.29 is 27.5 Å². The molecule has 15 heteroatoms. The van der Waals surface area contributed by atoms with Crippen LogP contribution in [0.25, 0.3) is 10.1 Å². The molecule has 6 rings (SSSR count). The van der Waals surface area contributed by atoms with Gasteiger partial charge in [0.25, 0.3) is 10.0 Å². The molecule has 2 aromatic rings. The van der Waals surface area contributed by atoms with E-state index >= 15 is 0 Å². The summed E-state index contributed by atoms with van der Waals surface area (Å²) in [4.78, 5) is 30.1. The van der Waals surface area contributed by atoms with Crippen LogP contribution in [-0.4, -0.2) is 117 Å². The van der Waals surface area contributed by atoms with Gasteiger partial charge in [-0.1, -0.05) is 17.7 Å². The Balaban J connectivity index is 1.25. The minimum atomic E-state index is -3.86. The third-order valence-electron chi connectivity index (χ3n) is 7.44. The summed E-state index contributed by atoms with van der Waals surface area (Å²) in [6.07, 6.45) is 0.664. The molecule has 2 unspecified atom stereocenters. The van der Waals surface area contributed by atoms with Crippen LogP contribution in [0.1, 0.15) is 12.8 Å². The predicted octanol–water partition coefficient (Wildman–Crippen LogP) is 1.56. The van der Waals surface area contributed by atoms with Crippen LogP contribution < -0.4 is 5.32 Å². The van der Waals surface area contributed by atoms with Crippen LogP contribution in [0, 0.1) is 0 Å². The molecule has 0 bridgehead atoms. The second-order valence-corrected chi connectivity index (χ2v) is 13.5. The van der Waals surface area contributed by atoms with Crippen molar-refractivity contribution in [1.29, 1.82) is 0 Å². The lowest BCUT2D eigenvalue weighted by Gasteiger charge is -2.42. The topological polar surface area (TPSA) is 124 Å². The second kappa shape index (κ2) is 10.8. The molecule has 1 N–H and O–H groups in total. The molecule has 4 aliphatic rings. The first-order valence-corrected chi connectivity index (χ1v) is 15.5. The lowest BCUT2D eigenvalue weighted by Crippen LogP contribution is -2.60. The summed E-state index contributed by atoms with van der Waals surface area (Å²) < 4.78 is 40.6. The number of hydrogen-bond donors (Lipinski definition) is 1. The Morgan fingerprint density at radius 1 is 1.13 bits per heavy atom. The maximum atomic E-state index is 13.7.